The fourth-order valence-electron chi connectivity index (χ4n) is 2.25. The van der Waals surface area contributed by atoms with Crippen molar-refractivity contribution in [3.05, 3.63) is 16.1 Å². The van der Waals surface area contributed by atoms with Crippen molar-refractivity contribution in [2.45, 2.75) is 26.1 Å². The van der Waals surface area contributed by atoms with Crippen LogP contribution in [-0.4, -0.2) is 62.6 Å². The van der Waals surface area contributed by atoms with Gasteiger partial charge in [0.25, 0.3) is 0 Å². The Hall–Kier alpha value is -0.530. The second-order valence-electron chi connectivity index (χ2n) is 4.99. The largest absolute Gasteiger partial charge is 0.382 e. The minimum Gasteiger partial charge on any atom is -0.382 e. The maximum Gasteiger partial charge on any atom is 0.0900 e. The lowest BCUT2D eigenvalue weighted by Crippen LogP contribution is -2.27. The molecule has 2 rings (SSSR count). The van der Waals surface area contributed by atoms with E-state index in [-0.39, 0.29) is 0 Å². The molecular formula is C14H24N2O3S. The van der Waals surface area contributed by atoms with E-state index in [9.17, 15) is 0 Å². The van der Waals surface area contributed by atoms with Crippen LogP contribution in [0.3, 0.4) is 0 Å². The van der Waals surface area contributed by atoms with Crippen LogP contribution >= 0.6 is 11.3 Å². The van der Waals surface area contributed by atoms with Gasteiger partial charge in [0.2, 0.25) is 0 Å². The minimum absolute atomic E-state index is 0.330. The lowest BCUT2D eigenvalue weighted by atomic mass is 10.3. The summed E-state index contributed by atoms with van der Waals surface area (Å²) < 4.78 is 16.3. The van der Waals surface area contributed by atoms with E-state index in [1.807, 2.05) is 6.92 Å². The first-order valence-electron chi connectivity index (χ1n) is 7.09. The van der Waals surface area contributed by atoms with E-state index in [4.69, 9.17) is 14.2 Å². The lowest BCUT2D eigenvalue weighted by molar-refractivity contribution is 0.0369. The van der Waals surface area contributed by atoms with Gasteiger partial charge < -0.3 is 14.2 Å². The Morgan fingerprint density at radius 3 is 3.05 bits per heavy atom. The molecule has 1 aromatic rings. The molecule has 1 aromatic heterocycles. The Bertz CT molecular complexity index is 386. The Kier molecular flexibility index (Phi) is 6.89. The molecule has 1 atom stereocenters. The van der Waals surface area contributed by atoms with Crippen molar-refractivity contribution < 1.29 is 14.2 Å². The molecule has 0 amide bonds. The minimum atomic E-state index is 0.330. The molecule has 0 aliphatic carbocycles. The first-order valence-corrected chi connectivity index (χ1v) is 7.97. The first-order chi connectivity index (χ1) is 9.78. The van der Waals surface area contributed by atoms with Crippen LogP contribution in [0.1, 0.15) is 17.1 Å². The van der Waals surface area contributed by atoms with Crippen molar-refractivity contribution in [1.82, 2.24) is 9.88 Å². The Morgan fingerprint density at radius 2 is 2.30 bits per heavy atom. The molecule has 20 heavy (non-hydrogen) atoms. The SMILES string of the molecule is COCCOCCN1CC[C@@H](OCc2csc(C)n2)C1. The third kappa shape index (κ3) is 5.46. The standard InChI is InChI=1S/C14H24N2O3S/c1-12-15-13(11-20-12)10-19-14-3-4-16(9-14)5-6-18-8-7-17-2/h11,14H,3-10H2,1-2H3/t14-/m1/s1. The maximum absolute atomic E-state index is 5.92. The Labute approximate surface area is 124 Å². The molecule has 5 nitrogen and oxygen atoms in total. The van der Waals surface area contributed by atoms with E-state index in [0.29, 0.717) is 25.9 Å². The van der Waals surface area contributed by atoms with Crippen LogP contribution in [0.4, 0.5) is 0 Å². The van der Waals surface area contributed by atoms with Gasteiger partial charge in [0.15, 0.2) is 0 Å². The molecule has 6 heteroatoms. The molecule has 0 aromatic carbocycles. The van der Waals surface area contributed by atoms with Gasteiger partial charge in [-0.2, -0.15) is 0 Å². The fraction of sp³-hybridized carbons (Fsp3) is 0.786. The number of likely N-dealkylation sites (tertiary alicyclic amines) is 1. The normalized spacial score (nSPS) is 19.8. The number of rotatable bonds is 9. The monoisotopic (exact) mass is 300 g/mol. The van der Waals surface area contributed by atoms with E-state index >= 15 is 0 Å². The molecule has 1 saturated heterocycles. The molecular weight excluding hydrogens is 276 g/mol. The highest BCUT2D eigenvalue weighted by atomic mass is 32.1. The molecule has 1 aliphatic heterocycles. The smallest absolute Gasteiger partial charge is 0.0900 e. The third-order valence-corrected chi connectivity index (χ3v) is 4.17. The molecule has 1 fully saturated rings. The average Bonchev–Trinajstić information content (AvgIpc) is 3.05. The summed E-state index contributed by atoms with van der Waals surface area (Å²) in [5.41, 5.74) is 1.05. The van der Waals surface area contributed by atoms with Crippen LogP contribution in [0.5, 0.6) is 0 Å². The first kappa shape index (κ1) is 15.9. The van der Waals surface area contributed by atoms with E-state index < -0.39 is 0 Å². The molecule has 0 bridgehead atoms. The van der Waals surface area contributed by atoms with Crippen LogP contribution < -0.4 is 0 Å². The zero-order chi connectivity index (χ0) is 14.2. The van der Waals surface area contributed by atoms with Crippen molar-refractivity contribution in [3.63, 3.8) is 0 Å². The second kappa shape index (κ2) is 8.69. The summed E-state index contributed by atoms with van der Waals surface area (Å²) in [6.45, 7) is 7.82. The number of aromatic nitrogens is 1. The summed E-state index contributed by atoms with van der Waals surface area (Å²) in [7, 11) is 1.69. The van der Waals surface area contributed by atoms with Gasteiger partial charge in [-0.15, -0.1) is 11.3 Å². The van der Waals surface area contributed by atoms with Gasteiger partial charge in [-0.1, -0.05) is 0 Å². The van der Waals surface area contributed by atoms with Gasteiger partial charge >= 0.3 is 0 Å². The topological polar surface area (TPSA) is 43.8 Å². The third-order valence-electron chi connectivity index (χ3n) is 3.35. The van der Waals surface area contributed by atoms with Crippen LogP contribution in [0, 0.1) is 6.92 Å². The Morgan fingerprint density at radius 1 is 1.40 bits per heavy atom. The summed E-state index contributed by atoms with van der Waals surface area (Å²) >= 11 is 1.68. The summed E-state index contributed by atoms with van der Waals surface area (Å²) in [6.07, 6.45) is 1.43. The predicted octanol–water partition coefficient (Wildman–Crippen LogP) is 1.71. The van der Waals surface area contributed by atoms with Gasteiger partial charge in [0.1, 0.15) is 0 Å². The number of ether oxygens (including phenoxy) is 3. The van der Waals surface area contributed by atoms with Crippen molar-refractivity contribution in [2.75, 3.05) is 46.6 Å². The highest BCUT2D eigenvalue weighted by Crippen LogP contribution is 2.15. The molecule has 1 aliphatic rings. The van der Waals surface area contributed by atoms with Crippen LogP contribution in [0.25, 0.3) is 0 Å². The van der Waals surface area contributed by atoms with Crippen LogP contribution in [-0.2, 0) is 20.8 Å². The van der Waals surface area contributed by atoms with Crippen molar-refractivity contribution in [2.24, 2.45) is 0 Å². The molecule has 2 heterocycles. The fourth-order valence-corrected chi connectivity index (χ4v) is 2.85. The highest BCUT2D eigenvalue weighted by molar-refractivity contribution is 7.09. The van der Waals surface area contributed by atoms with E-state index in [2.05, 4.69) is 15.3 Å². The van der Waals surface area contributed by atoms with Gasteiger partial charge in [-0.25, -0.2) is 4.98 Å². The number of hydrogen-bond acceptors (Lipinski definition) is 6. The van der Waals surface area contributed by atoms with Crippen molar-refractivity contribution >= 4 is 11.3 Å². The molecule has 0 N–H and O–H groups in total. The maximum atomic E-state index is 5.92. The predicted molar refractivity (Wildman–Crippen MR) is 79.2 cm³/mol. The quantitative estimate of drug-likeness (QED) is 0.650. The average molecular weight is 300 g/mol. The zero-order valence-corrected chi connectivity index (χ0v) is 13.2. The summed E-state index contributed by atoms with van der Waals surface area (Å²) in [4.78, 5) is 6.81. The molecule has 0 spiro atoms. The van der Waals surface area contributed by atoms with Gasteiger partial charge in [-0.3, -0.25) is 4.90 Å². The molecule has 0 unspecified atom stereocenters. The van der Waals surface area contributed by atoms with Gasteiger partial charge in [0, 0.05) is 32.1 Å². The Balaban J connectivity index is 1.55. The lowest BCUT2D eigenvalue weighted by Gasteiger charge is -2.16. The van der Waals surface area contributed by atoms with E-state index in [1.165, 1.54) is 0 Å². The number of methoxy groups -OCH3 is 1. The number of hydrogen-bond donors (Lipinski definition) is 0. The number of nitrogens with zero attached hydrogens (tertiary/aromatic N) is 2. The summed E-state index contributed by atoms with van der Waals surface area (Å²) in [5, 5.41) is 3.18. The summed E-state index contributed by atoms with van der Waals surface area (Å²) in [6, 6.07) is 0. The van der Waals surface area contributed by atoms with Crippen LogP contribution in [0.2, 0.25) is 0 Å². The van der Waals surface area contributed by atoms with Gasteiger partial charge in [0.05, 0.1) is 43.2 Å². The second-order valence-corrected chi connectivity index (χ2v) is 6.05. The van der Waals surface area contributed by atoms with Crippen LogP contribution in [0.15, 0.2) is 5.38 Å². The molecule has 0 saturated carbocycles. The number of aryl methyl sites for hydroxylation is 1. The molecule has 114 valence electrons. The number of thiazole rings is 1. The zero-order valence-electron chi connectivity index (χ0n) is 12.3. The summed E-state index contributed by atoms with van der Waals surface area (Å²) in [5.74, 6) is 0. The van der Waals surface area contributed by atoms with Gasteiger partial charge in [-0.05, 0) is 13.3 Å². The molecule has 0 radical (unpaired) electrons. The van der Waals surface area contributed by atoms with Crippen molar-refractivity contribution in [1.29, 1.82) is 0 Å². The highest BCUT2D eigenvalue weighted by Gasteiger charge is 2.22. The van der Waals surface area contributed by atoms with E-state index in [1.54, 1.807) is 18.4 Å². The van der Waals surface area contributed by atoms with E-state index in [0.717, 1.165) is 43.4 Å². The van der Waals surface area contributed by atoms with Crippen molar-refractivity contribution in [3.8, 4) is 0 Å².